The molecule has 4 aromatic rings. The molecule has 7 nitrogen and oxygen atoms in total. The molecule has 7 heteroatoms. The Hall–Kier alpha value is -3.87. The average molecular weight is 453 g/mol. The van der Waals surface area contributed by atoms with Gasteiger partial charge in [-0.3, -0.25) is 14.8 Å². The number of carbonyl (C=O) groups excluding carboxylic acids is 1. The van der Waals surface area contributed by atoms with Crippen molar-refractivity contribution in [3.05, 3.63) is 78.3 Å². The minimum atomic E-state index is -0.373. The molecule has 5 rings (SSSR count). The fourth-order valence-corrected chi connectivity index (χ4v) is 4.46. The number of aryl methyl sites for hydroxylation is 1. The Bertz CT molecular complexity index is 1340. The molecule has 5 heterocycles. The molecule has 1 aliphatic rings. The van der Waals surface area contributed by atoms with Gasteiger partial charge >= 0.3 is 0 Å². The summed E-state index contributed by atoms with van der Waals surface area (Å²) in [6.45, 7) is 9.36. The Balaban J connectivity index is 1.34. The number of pyridine rings is 3. The first-order valence-corrected chi connectivity index (χ1v) is 11.5. The van der Waals surface area contributed by atoms with Crippen molar-refractivity contribution >= 4 is 11.7 Å². The molecular formula is C27H28N6O. The van der Waals surface area contributed by atoms with Crippen LogP contribution in [0.5, 0.6) is 0 Å². The predicted octanol–water partition coefficient (Wildman–Crippen LogP) is 5.04. The van der Waals surface area contributed by atoms with Gasteiger partial charge in [-0.1, -0.05) is 19.9 Å². The summed E-state index contributed by atoms with van der Waals surface area (Å²) in [5, 5.41) is 2.98. The fourth-order valence-electron chi connectivity index (χ4n) is 4.46. The van der Waals surface area contributed by atoms with Crippen LogP contribution in [0.15, 0.2) is 61.3 Å². The summed E-state index contributed by atoms with van der Waals surface area (Å²) in [6, 6.07) is 9.63. The minimum absolute atomic E-state index is 0.127. The number of nitrogens with one attached hydrogen (secondary N) is 1. The molecule has 1 N–H and O–H groups in total. The van der Waals surface area contributed by atoms with Crippen LogP contribution >= 0.6 is 0 Å². The molecule has 0 aromatic carbocycles. The molecule has 0 saturated heterocycles. The van der Waals surface area contributed by atoms with Crippen molar-refractivity contribution in [2.24, 2.45) is 5.41 Å². The Labute approximate surface area is 199 Å². The van der Waals surface area contributed by atoms with Crippen molar-refractivity contribution in [3.8, 4) is 22.5 Å². The van der Waals surface area contributed by atoms with Crippen LogP contribution in [-0.2, 0) is 17.8 Å². The molecule has 0 fully saturated rings. The monoisotopic (exact) mass is 452 g/mol. The maximum absolute atomic E-state index is 13.0. The van der Waals surface area contributed by atoms with Gasteiger partial charge in [0.05, 0.1) is 23.5 Å². The smallest absolute Gasteiger partial charge is 0.232 e. The van der Waals surface area contributed by atoms with E-state index in [0.717, 1.165) is 52.4 Å². The number of hydrogen-bond donors (Lipinski definition) is 1. The fraction of sp³-hybridized carbons (Fsp3) is 0.296. The summed E-state index contributed by atoms with van der Waals surface area (Å²) >= 11 is 0. The first-order chi connectivity index (χ1) is 16.3. The molecular weight excluding hydrogens is 424 g/mol. The van der Waals surface area contributed by atoms with E-state index in [1.165, 1.54) is 0 Å². The van der Waals surface area contributed by atoms with E-state index in [1.54, 1.807) is 24.8 Å². The minimum Gasteiger partial charge on any atom is -0.327 e. The standard InChI is InChI=1S/C27H28N6O/c1-17-12-30-24(10-21(17)23-15-31-25-11-27(3,4)16-33(23)25)32-26(34)18(2)19-7-8-22(29-14-19)20-6-5-9-28-13-20/h5-10,12-15,18H,11,16H2,1-4H3,(H,30,32,34)/t18-/m0/s1. The number of fused-ring (bicyclic) bond motifs is 1. The molecule has 0 aliphatic carbocycles. The number of anilines is 1. The molecule has 0 saturated carbocycles. The van der Waals surface area contributed by atoms with Crippen LogP contribution in [0.1, 0.15) is 43.6 Å². The van der Waals surface area contributed by atoms with E-state index in [0.29, 0.717) is 5.82 Å². The first kappa shape index (κ1) is 21.9. The second-order valence-electron chi connectivity index (χ2n) is 9.80. The zero-order valence-corrected chi connectivity index (χ0v) is 19.9. The van der Waals surface area contributed by atoms with Gasteiger partial charge in [0.1, 0.15) is 11.6 Å². The summed E-state index contributed by atoms with van der Waals surface area (Å²) in [7, 11) is 0. The van der Waals surface area contributed by atoms with E-state index >= 15 is 0 Å². The molecule has 34 heavy (non-hydrogen) atoms. The van der Waals surface area contributed by atoms with Gasteiger partial charge in [-0.15, -0.1) is 0 Å². The van der Waals surface area contributed by atoms with Crippen molar-refractivity contribution in [3.63, 3.8) is 0 Å². The van der Waals surface area contributed by atoms with Crippen LogP contribution < -0.4 is 5.32 Å². The number of nitrogens with zero attached hydrogens (tertiary/aromatic N) is 5. The Morgan fingerprint density at radius 1 is 1.09 bits per heavy atom. The lowest BCUT2D eigenvalue weighted by molar-refractivity contribution is -0.117. The molecule has 1 amide bonds. The number of carbonyl (C=O) groups is 1. The average Bonchev–Trinajstić information content (AvgIpc) is 3.35. The van der Waals surface area contributed by atoms with Crippen molar-refractivity contribution in [1.82, 2.24) is 24.5 Å². The highest BCUT2D eigenvalue weighted by atomic mass is 16.1. The van der Waals surface area contributed by atoms with Gasteiger partial charge in [0.15, 0.2) is 0 Å². The summed E-state index contributed by atoms with van der Waals surface area (Å²) in [6.07, 6.45) is 9.95. The third kappa shape index (κ3) is 4.21. The van der Waals surface area contributed by atoms with Crippen LogP contribution in [0.2, 0.25) is 0 Å². The summed E-state index contributed by atoms with van der Waals surface area (Å²) in [5.74, 6) is 1.14. The summed E-state index contributed by atoms with van der Waals surface area (Å²) < 4.78 is 2.28. The highest BCUT2D eigenvalue weighted by molar-refractivity contribution is 5.95. The normalized spacial score (nSPS) is 15.1. The molecule has 0 spiro atoms. The van der Waals surface area contributed by atoms with E-state index in [1.807, 2.05) is 50.4 Å². The van der Waals surface area contributed by atoms with Gasteiger partial charge in [0.25, 0.3) is 0 Å². The quantitative estimate of drug-likeness (QED) is 0.459. The van der Waals surface area contributed by atoms with Crippen molar-refractivity contribution in [1.29, 1.82) is 0 Å². The lowest BCUT2D eigenvalue weighted by Gasteiger charge is -2.17. The highest BCUT2D eigenvalue weighted by Gasteiger charge is 2.31. The number of amides is 1. The topological polar surface area (TPSA) is 85.6 Å². The lowest BCUT2D eigenvalue weighted by Crippen LogP contribution is -2.20. The SMILES string of the molecule is Cc1cnc(NC(=O)[C@@H](C)c2ccc(-c3cccnc3)nc2)cc1-c1cnc2n1CC(C)(C)C2. The number of hydrogen-bond acceptors (Lipinski definition) is 5. The zero-order valence-electron chi connectivity index (χ0n) is 19.9. The number of imidazole rings is 1. The van der Waals surface area contributed by atoms with E-state index in [9.17, 15) is 4.79 Å². The lowest BCUT2D eigenvalue weighted by atomic mass is 9.92. The zero-order chi connectivity index (χ0) is 23.9. The largest absolute Gasteiger partial charge is 0.327 e. The van der Waals surface area contributed by atoms with Crippen molar-refractivity contribution in [2.45, 2.75) is 46.6 Å². The molecule has 0 bridgehead atoms. The predicted molar refractivity (Wildman–Crippen MR) is 132 cm³/mol. The summed E-state index contributed by atoms with van der Waals surface area (Å²) in [4.78, 5) is 30.8. The Morgan fingerprint density at radius 3 is 2.68 bits per heavy atom. The van der Waals surface area contributed by atoms with Crippen LogP contribution in [0, 0.1) is 12.3 Å². The first-order valence-electron chi connectivity index (χ1n) is 11.5. The van der Waals surface area contributed by atoms with Gasteiger partial charge in [-0.2, -0.15) is 0 Å². The van der Waals surface area contributed by atoms with Crippen molar-refractivity contribution < 1.29 is 4.79 Å². The molecule has 0 radical (unpaired) electrons. The molecule has 4 aromatic heterocycles. The van der Waals surface area contributed by atoms with Crippen LogP contribution in [0.4, 0.5) is 5.82 Å². The van der Waals surface area contributed by atoms with E-state index in [2.05, 4.69) is 43.7 Å². The van der Waals surface area contributed by atoms with Gasteiger partial charge in [0.2, 0.25) is 5.91 Å². The molecule has 1 aliphatic heterocycles. The summed E-state index contributed by atoms with van der Waals surface area (Å²) in [5.41, 5.74) is 5.97. The third-order valence-corrected chi connectivity index (χ3v) is 6.43. The molecule has 1 atom stereocenters. The van der Waals surface area contributed by atoms with Crippen LogP contribution in [0.3, 0.4) is 0 Å². The van der Waals surface area contributed by atoms with Gasteiger partial charge in [-0.25, -0.2) is 9.97 Å². The number of aromatic nitrogens is 5. The molecule has 172 valence electrons. The maximum Gasteiger partial charge on any atom is 0.232 e. The van der Waals surface area contributed by atoms with E-state index in [4.69, 9.17) is 0 Å². The Morgan fingerprint density at radius 2 is 1.94 bits per heavy atom. The van der Waals surface area contributed by atoms with Crippen molar-refractivity contribution in [2.75, 3.05) is 5.32 Å². The Kier molecular flexibility index (Phi) is 5.48. The van der Waals surface area contributed by atoms with Crippen LogP contribution in [-0.4, -0.2) is 30.4 Å². The second kappa shape index (κ2) is 8.48. The maximum atomic E-state index is 13.0. The number of rotatable bonds is 5. The van der Waals surface area contributed by atoms with Gasteiger partial charge in [0, 0.05) is 48.9 Å². The molecule has 0 unspecified atom stereocenters. The van der Waals surface area contributed by atoms with Crippen LogP contribution in [0.25, 0.3) is 22.5 Å². The van der Waals surface area contributed by atoms with Gasteiger partial charge < -0.3 is 9.88 Å². The second-order valence-corrected chi connectivity index (χ2v) is 9.80. The highest BCUT2D eigenvalue weighted by Crippen LogP contribution is 2.36. The van der Waals surface area contributed by atoms with Gasteiger partial charge in [-0.05, 0) is 54.7 Å². The third-order valence-electron chi connectivity index (χ3n) is 6.43. The van der Waals surface area contributed by atoms with E-state index in [-0.39, 0.29) is 17.2 Å². The van der Waals surface area contributed by atoms with E-state index < -0.39 is 0 Å².